The molecule has 0 radical (unpaired) electrons. The van der Waals surface area contributed by atoms with Crippen LogP contribution < -0.4 is 0 Å². The van der Waals surface area contributed by atoms with E-state index in [1.54, 1.807) is 0 Å². The van der Waals surface area contributed by atoms with Crippen molar-refractivity contribution in [1.29, 1.82) is 0 Å². The Labute approximate surface area is 182 Å². The van der Waals surface area contributed by atoms with Crippen molar-refractivity contribution in [2.75, 3.05) is 14.2 Å². The van der Waals surface area contributed by atoms with Crippen LogP contribution in [0.25, 0.3) is 0 Å². The van der Waals surface area contributed by atoms with Crippen LogP contribution in [-0.2, 0) is 25.1 Å². The Morgan fingerprint density at radius 2 is 1.57 bits per heavy atom. The number of benzene rings is 1. The number of hydrogen-bond acceptors (Lipinski definition) is 4. The average molecular weight is 431 g/mol. The quantitative estimate of drug-likeness (QED) is 0.344. The first-order valence-corrected chi connectivity index (χ1v) is 14.8. The summed E-state index contributed by atoms with van der Waals surface area (Å²) in [5.41, 5.74) is -0.106. The lowest BCUT2D eigenvalue weighted by atomic mass is 9.55. The minimum absolute atomic E-state index is 0.304. The first-order chi connectivity index (χ1) is 14.2. The molecule has 0 saturated heterocycles. The van der Waals surface area contributed by atoms with E-state index in [0.717, 1.165) is 37.8 Å². The van der Waals surface area contributed by atoms with Crippen molar-refractivity contribution in [3.63, 3.8) is 0 Å². The molecular formula is C25H38O4Si. The molecule has 1 aromatic carbocycles. The van der Waals surface area contributed by atoms with E-state index in [9.17, 15) is 9.59 Å². The number of ether oxygens (including phenoxy) is 2. The molecule has 0 aliphatic heterocycles. The van der Waals surface area contributed by atoms with Gasteiger partial charge in [-0.15, -0.1) is 0 Å². The Hall–Kier alpha value is -1.62. The number of rotatable bonds is 6. The fourth-order valence-corrected chi connectivity index (χ4v) is 10.3. The van der Waals surface area contributed by atoms with Gasteiger partial charge < -0.3 is 9.47 Å². The highest BCUT2D eigenvalue weighted by molar-refractivity contribution is 6.76. The predicted molar refractivity (Wildman–Crippen MR) is 122 cm³/mol. The van der Waals surface area contributed by atoms with E-state index in [4.69, 9.17) is 9.47 Å². The first-order valence-electron chi connectivity index (χ1n) is 11.4. The number of carbonyl (C=O) groups is 2. The lowest BCUT2D eigenvalue weighted by molar-refractivity contribution is -0.182. The molecule has 0 amide bonds. The van der Waals surface area contributed by atoms with E-state index in [2.05, 4.69) is 50.3 Å². The minimum atomic E-state index is -1.59. The molecule has 0 heterocycles. The summed E-state index contributed by atoms with van der Waals surface area (Å²) < 4.78 is 10.6. The maximum atomic E-state index is 13.2. The van der Waals surface area contributed by atoms with E-state index in [1.807, 2.05) is 0 Å². The van der Waals surface area contributed by atoms with Gasteiger partial charge in [0.2, 0.25) is 0 Å². The Kier molecular flexibility index (Phi) is 6.80. The SMILES string of the molecule is COC(=O)C1(C(=O)OC)C[C@@H](C[Si](C)(C)Cc2ccccc2)[C@H](C)C12CCCCC2. The summed E-state index contributed by atoms with van der Waals surface area (Å²) in [4.78, 5) is 26.5. The van der Waals surface area contributed by atoms with Gasteiger partial charge in [0.25, 0.3) is 0 Å². The van der Waals surface area contributed by atoms with E-state index in [-0.39, 0.29) is 17.4 Å². The molecule has 2 atom stereocenters. The van der Waals surface area contributed by atoms with Gasteiger partial charge in [0.05, 0.1) is 22.3 Å². The number of esters is 2. The first kappa shape index (κ1) is 23.0. The van der Waals surface area contributed by atoms with Crippen molar-refractivity contribution in [3.8, 4) is 0 Å². The second-order valence-corrected chi connectivity index (χ2v) is 15.5. The van der Waals surface area contributed by atoms with Crippen LogP contribution in [0, 0.1) is 22.7 Å². The van der Waals surface area contributed by atoms with Crippen molar-refractivity contribution in [2.45, 2.75) is 70.6 Å². The zero-order chi connectivity index (χ0) is 22.0. The zero-order valence-corrected chi connectivity index (χ0v) is 20.3. The van der Waals surface area contributed by atoms with Gasteiger partial charge in [-0.2, -0.15) is 0 Å². The van der Waals surface area contributed by atoms with Crippen LogP contribution in [-0.4, -0.2) is 34.2 Å². The van der Waals surface area contributed by atoms with Crippen molar-refractivity contribution in [2.24, 2.45) is 22.7 Å². The molecule has 166 valence electrons. The monoisotopic (exact) mass is 430 g/mol. The highest BCUT2D eigenvalue weighted by Gasteiger charge is 2.70. The molecule has 2 aliphatic rings. The Bertz CT molecular complexity index is 736. The Balaban J connectivity index is 1.95. The van der Waals surface area contributed by atoms with Crippen LogP contribution in [0.15, 0.2) is 30.3 Å². The Morgan fingerprint density at radius 1 is 1.00 bits per heavy atom. The largest absolute Gasteiger partial charge is 0.468 e. The third-order valence-corrected chi connectivity index (χ3v) is 11.1. The van der Waals surface area contributed by atoms with Gasteiger partial charge in [-0.1, -0.05) is 81.2 Å². The van der Waals surface area contributed by atoms with Crippen LogP contribution in [0.2, 0.25) is 19.1 Å². The Morgan fingerprint density at radius 3 is 2.10 bits per heavy atom. The molecule has 2 saturated carbocycles. The molecule has 2 aliphatic carbocycles. The van der Waals surface area contributed by atoms with Gasteiger partial charge in [-0.25, -0.2) is 0 Å². The van der Waals surface area contributed by atoms with Crippen molar-refractivity contribution in [1.82, 2.24) is 0 Å². The number of carbonyl (C=O) groups excluding carboxylic acids is 2. The van der Waals surface area contributed by atoms with Gasteiger partial charge in [-0.05, 0) is 37.1 Å². The van der Waals surface area contributed by atoms with E-state index in [0.29, 0.717) is 18.3 Å². The van der Waals surface area contributed by atoms with E-state index >= 15 is 0 Å². The summed E-state index contributed by atoms with van der Waals surface area (Å²) in [6, 6.07) is 12.9. The van der Waals surface area contributed by atoms with Crippen LogP contribution in [0.3, 0.4) is 0 Å². The highest BCUT2D eigenvalue weighted by Crippen LogP contribution is 2.67. The minimum Gasteiger partial charge on any atom is -0.468 e. The van der Waals surface area contributed by atoms with E-state index < -0.39 is 13.5 Å². The second-order valence-electron chi connectivity index (χ2n) is 10.4. The maximum Gasteiger partial charge on any atom is 0.323 e. The summed E-state index contributed by atoms with van der Waals surface area (Å²) in [6.45, 7) is 7.17. The summed E-state index contributed by atoms with van der Waals surface area (Å²) in [7, 11) is 1.24. The molecular weight excluding hydrogens is 392 g/mol. The third kappa shape index (κ3) is 3.86. The smallest absolute Gasteiger partial charge is 0.323 e. The van der Waals surface area contributed by atoms with Gasteiger partial charge in [0.15, 0.2) is 5.41 Å². The van der Waals surface area contributed by atoms with Crippen molar-refractivity contribution >= 4 is 20.0 Å². The summed E-state index contributed by atoms with van der Waals surface area (Å²) in [5.74, 6) is -0.119. The van der Waals surface area contributed by atoms with Crippen LogP contribution >= 0.6 is 0 Å². The topological polar surface area (TPSA) is 52.6 Å². The molecule has 0 unspecified atom stereocenters. The summed E-state index contributed by atoms with van der Waals surface area (Å²) >= 11 is 0. The van der Waals surface area contributed by atoms with Crippen LogP contribution in [0.5, 0.6) is 0 Å². The van der Waals surface area contributed by atoms with Crippen LogP contribution in [0.1, 0.15) is 51.0 Å². The fraction of sp³-hybridized carbons (Fsp3) is 0.680. The van der Waals surface area contributed by atoms with Gasteiger partial charge in [-0.3, -0.25) is 9.59 Å². The highest BCUT2D eigenvalue weighted by atomic mass is 28.3. The second kappa shape index (κ2) is 8.86. The zero-order valence-electron chi connectivity index (χ0n) is 19.3. The molecule has 2 fully saturated rings. The lowest BCUT2D eigenvalue weighted by Crippen LogP contribution is -2.53. The average Bonchev–Trinajstić information content (AvgIpc) is 2.96. The normalized spacial score (nSPS) is 25.1. The third-order valence-electron chi connectivity index (χ3n) is 8.15. The number of methoxy groups -OCH3 is 2. The molecule has 0 aromatic heterocycles. The standard InChI is InChI=1S/C25H38O4Si/c1-19-21(18-30(4,5)17-20-12-8-6-9-13-20)16-25(22(26)28-2,23(27)29-3)24(19)14-10-7-11-15-24/h6,8-9,12-13,19,21H,7,10-11,14-18H2,1-5H3/t19-,21-/m0/s1. The van der Waals surface area contributed by atoms with Crippen molar-refractivity contribution < 1.29 is 19.1 Å². The molecule has 3 rings (SSSR count). The molecule has 4 nitrogen and oxygen atoms in total. The van der Waals surface area contributed by atoms with E-state index in [1.165, 1.54) is 26.2 Å². The lowest BCUT2D eigenvalue weighted by Gasteiger charge is -2.47. The van der Waals surface area contributed by atoms with Gasteiger partial charge >= 0.3 is 11.9 Å². The maximum absolute atomic E-state index is 13.2. The van der Waals surface area contributed by atoms with Crippen molar-refractivity contribution in [3.05, 3.63) is 35.9 Å². The fourth-order valence-electron chi connectivity index (χ4n) is 6.86. The molecule has 1 aromatic rings. The van der Waals surface area contributed by atoms with Crippen LogP contribution in [0.4, 0.5) is 0 Å². The predicted octanol–water partition coefficient (Wildman–Crippen LogP) is 5.42. The van der Waals surface area contributed by atoms with Gasteiger partial charge in [0.1, 0.15) is 0 Å². The molecule has 0 bridgehead atoms. The molecule has 0 N–H and O–H groups in total. The van der Waals surface area contributed by atoms with Gasteiger partial charge in [0, 0.05) is 5.41 Å². The summed E-state index contributed by atoms with van der Waals surface area (Å²) in [6.07, 6.45) is 5.70. The number of hydrogen-bond donors (Lipinski definition) is 0. The molecule has 1 spiro atoms. The molecule has 5 heteroatoms. The molecule has 30 heavy (non-hydrogen) atoms. The summed E-state index contributed by atoms with van der Waals surface area (Å²) in [5, 5.41) is 0.